The molecule has 0 aliphatic carbocycles. The average molecular weight is 234 g/mol. The number of aromatic nitrogens is 2. The molecule has 0 saturated carbocycles. The highest BCUT2D eigenvalue weighted by Crippen LogP contribution is 2.20. The van der Waals surface area contributed by atoms with E-state index in [0.29, 0.717) is 13.0 Å². The first-order valence-electron chi connectivity index (χ1n) is 5.31. The van der Waals surface area contributed by atoms with Gasteiger partial charge in [-0.1, -0.05) is 0 Å². The summed E-state index contributed by atoms with van der Waals surface area (Å²) >= 11 is 0. The van der Waals surface area contributed by atoms with Gasteiger partial charge in [0, 0.05) is 25.2 Å². The third-order valence-corrected chi connectivity index (χ3v) is 2.51. The van der Waals surface area contributed by atoms with Gasteiger partial charge in [-0.3, -0.25) is 0 Å². The Morgan fingerprint density at radius 2 is 2.41 bits per heavy atom. The summed E-state index contributed by atoms with van der Waals surface area (Å²) in [4.78, 5) is 18.0. The molecule has 2 aromatic rings. The lowest BCUT2D eigenvalue weighted by Crippen LogP contribution is -2.33. The lowest BCUT2D eigenvalue weighted by Gasteiger charge is -2.03. The Labute approximate surface area is 98.1 Å². The summed E-state index contributed by atoms with van der Waals surface area (Å²) in [6.07, 6.45) is 3.91. The number of urea groups is 1. The second-order valence-electron chi connectivity index (χ2n) is 3.66. The number of aromatic amines is 1. The van der Waals surface area contributed by atoms with Crippen molar-refractivity contribution in [2.45, 2.75) is 6.42 Å². The highest BCUT2D eigenvalue weighted by atomic mass is 16.3. The van der Waals surface area contributed by atoms with E-state index in [9.17, 15) is 9.90 Å². The van der Waals surface area contributed by atoms with Gasteiger partial charge in [0.15, 0.2) is 0 Å². The summed E-state index contributed by atoms with van der Waals surface area (Å²) in [5.41, 5.74) is 1.75. The predicted octanol–water partition coefficient (Wildman–Crippen LogP) is 0.740. The molecule has 0 aromatic carbocycles. The van der Waals surface area contributed by atoms with Crippen LogP contribution < -0.4 is 10.6 Å². The molecule has 6 heteroatoms. The Balaban J connectivity index is 2.08. The van der Waals surface area contributed by atoms with Crippen molar-refractivity contribution >= 4 is 17.1 Å². The SMILES string of the molecule is CNC(=O)NCCc1c[nH]c2ncc(O)cc12. The first-order chi connectivity index (χ1) is 8.20. The zero-order chi connectivity index (χ0) is 12.3. The Bertz CT molecular complexity index is 535. The molecule has 6 nitrogen and oxygen atoms in total. The third-order valence-electron chi connectivity index (χ3n) is 2.51. The fourth-order valence-corrected chi connectivity index (χ4v) is 1.65. The summed E-state index contributed by atoms with van der Waals surface area (Å²) in [5, 5.41) is 15.4. The maximum atomic E-state index is 11.0. The van der Waals surface area contributed by atoms with Gasteiger partial charge in [0.05, 0.1) is 6.20 Å². The molecule has 0 spiro atoms. The normalized spacial score (nSPS) is 10.4. The van der Waals surface area contributed by atoms with Crippen molar-refractivity contribution in [1.82, 2.24) is 20.6 Å². The van der Waals surface area contributed by atoms with E-state index in [1.54, 1.807) is 13.1 Å². The molecule has 0 radical (unpaired) electrons. The molecule has 0 bridgehead atoms. The number of carbonyl (C=O) groups is 1. The second-order valence-corrected chi connectivity index (χ2v) is 3.66. The minimum Gasteiger partial charge on any atom is -0.506 e. The van der Waals surface area contributed by atoms with Crippen LogP contribution >= 0.6 is 0 Å². The molecular weight excluding hydrogens is 220 g/mol. The van der Waals surface area contributed by atoms with Gasteiger partial charge in [-0.2, -0.15) is 0 Å². The first kappa shape index (κ1) is 11.3. The smallest absolute Gasteiger partial charge is 0.314 e. The number of hydrogen-bond donors (Lipinski definition) is 4. The van der Waals surface area contributed by atoms with Crippen molar-refractivity contribution in [3.63, 3.8) is 0 Å². The molecule has 0 aliphatic heterocycles. The molecule has 0 fully saturated rings. The summed E-state index contributed by atoms with van der Waals surface area (Å²) in [5.74, 6) is 0.137. The summed E-state index contributed by atoms with van der Waals surface area (Å²) in [6, 6.07) is 1.46. The van der Waals surface area contributed by atoms with Gasteiger partial charge < -0.3 is 20.7 Å². The van der Waals surface area contributed by atoms with Crippen LogP contribution in [0.2, 0.25) is 0 Å². The van der Waals surface area contributed by atoms with Crippen LogP contribution in [0.1, 0.15) is 5.56 Å². The number of amides is 2. The summed E-state index contributed by atoms with van der Waals surface area (Å²) < 4.78 is 0. The fourth-order valence-electron chi connectivity index (χ4n) is 1.65. The van der Waals surface area contributed by atoms with E-state index in [-0.39, 0.29) is 11.8 Å². The number of pyridine rings is 1. The lowest BCUT2D eigenvalue weighted by molar-refractivity contribution is 0.243. The molecule has 4 N–H and O–H groups in total. The maximum Gasteiger partial charge on any atom is 0.314 e. The van der Waals surface area contributed by atoms with Crippen LogP contribution in [-0.2, 0) is 6.42 Å². The third kappa shape index (κ3) is 2.47. The van der Waals surface area contributed by atoms with Crippen LogP contribution in [0.3, 0.4) is 0 Å². The first-order valence-corrected chi connectivity index (χ1v) is 5.31. The molecule has 17 heavy (non-hydrogen) atoms. The second kappa shape index (κ2) is 4.73. The van der Waals surface area contributed by atoms with E-state index in [4.69, 9.17) is 0 Å². The number of hydrogen-bond acceptors (Lipinski definition) is 3. The Morgan fingerprint density at radius 1 is 1.59 bits per heavy atom. The van der Waals surface area contributed by atoms with Gasteiger partial charge >= 0.3 is 6.03 Å². The number of nitrogens with one attached hydrogen (secondary N) is 3. The van der Waals surface area contributed by atoms with Crippen molar-refractivity contribution in [2.75, 3.05) is 13.6 Å². The van der Waals surface area contributed by atoms with E-state index < -0.39 is 0 Å². The number of aromatic hydroxyl groups is 1. The highest BCUT2D eigenvalue weighted by molar-refractivity contribution is 5.81. The Hall–Kier alpha value is -2.24. The van der Waals surface area contributed by atoms with Crippen LogP contribution in [0.5, 0.6) is 5.75 Å². The van der Waals surface area contributed by atoms with E-state index in [1.807, 2.05) is 6.20 Å². The molecular formula is C11H14N4O2. The number of rotatable bonds is 3. The average Bonchev–Trinajstić information content (AvgIpc) is 2.72. The van der Waals surface area contributed by atoms with Gasteiger partial charge in [-0.25, -0.2) is 9.78 Å². The van der Waals surface area contributed by atoms with Gasteiger partial charge in [-0.05, 0) is 18.1 Å². The molecule has 2 aromatic heterocycles. The van der Waals surface area contributed by atoms with Crippen LogP contribution in [-0.4, -0.2) is 34.7 Å². The van der Waals surface area contributed by atoms with E-state index in [2.05, 4.69) is 20.6 Å². The minimum atomic E-state index is -0.203. The molecule has 2 heterocycles. The van der Waals surface area contributed by atoms with Crippen LogP contribution in [0.4, 0.5) is 4.79 Å². The summed E-state index contributed by atoms with van der Waals surface area (Å²) in [6.45, 7) is 0.530. The Morgan fingerprint density at radius 3 is 3.18 bits per heavy atom. The maximum absolute atomic E-state index is 11.0. The predicted molar refractivity (Wildman–Crippen MR) is 63.9 cm³/mol. The monoisotopic (exact) mass is 234 g/mol. The van der Waals surface area contributed by atoms with Gasteiger partial charge in [0.1, 0.15) is 11.4 Å². The molecule has 0 saturated heterocycles. The van der Waals surface area contributed by atoms with Crippen molar-refractivity contribution in [1.29, 1.82) is 0 Å². The van der Waals surface area contributed by atoms with Crippen LogP contribution in [0.15, 0.2) is 18.5 Å². The number of fused-ring (bicyclic) bond motifs is 1. The number of nitrogens with zero attached hydrogens (tertiary/aromatic N) is 1. The van der Waals surface area contributed by atoms with Crippen LogP contribution in [0, 0.1) is 0 Å². The molecule has 90 valence electrons. The van der Waals surface area contributed by atoms with Gasteiger partial charge in [-0.15, -0.1) is 0 Å². The lowest BCUT2D eigenvalue weighted by atomic mass is 10.1. The molecule has 2 rings (SSSR count). The summed E-state index contributed by atoms with van der Waals surface area (Å²) in [7, 11) is 1.57. The quantitative estimate of drug-likeness (QED) is 0.631. The molecule has 0 aliphatic rings. The number of H-pyrrole nitrogens is 1. The van der Waals surface area contributed by atoms with Crippen molar-refractivity contribution < 1.29 is 9.90 Å². The fraction of sp³-hybridized carbons (Fsp3) is 0.273. The highest BCUT2D eigenvalue weighted by Gasteiger charge is 2.05. The van der Waals surface area contributed by atoms with Gasteiger partial charge in [0.2, 0.25) is 0 Å². The standard InChI is InChI=1S/C11H14N4O2/c1-12-11(17)13-3-2-7-5-14-10-9(7)4-8(16)6-15-10/h4-6,16H,2-3H2,1H3,(H,14,15)(H2,12,13,17). The van der Waals surface area contributed by atoms with E-state index in [0.717, 1.165) is 16.6 Å². The van der Waals surface area contributed by atoms with Crippen molar-refractivity contribution in [3.8, 4) is 5.75 Å². The van der Waals surface area contributed by atoms with E-state index >= 15 is 0 Å². The number of carbonyl (C=O) groups excluding carboxylic acids is 1. The topological polar surface area (TPSA) is 90.0 Å². The van der Waals surface area contributed by atoms with Crippen molar-refractivity contribution in [2.24, 2.45) is 0 Å². The molecule has 2 amide bonds. The molecule has 0 unspecified atom stereocenters. The zero-order valence-electron chi connectivity index (χ0n) is 9.45. The Kier molecular flexibility index (Phi) is 3.13. The molecule has 0 atom stereocenters. The largest absolute Gasteiger partial charge is 0.506 e. The van der Waals surface area contributed by atoms with Gasteiger partial charge in [0.25, 0.3) is 0 Å². The van der Waals surface area contributed by atoms with E-state index in [1.165, 1.54) is 6.20 Å². The zero-order valence-corrected chi connectivity index (χ0v) is 9.45. The van der Waals surface area contributed by atoms with Crippen molar-refractivity contribution in [3.05, 3.63) is 24.0 Å². The minimum absolute atomic E-state index is 0.137. The van der Waals surface area contributed by atoms with Crippen LogP contribution in [0.25, 0.3) is 11.0 Å².